The quantitative estimate of drug-likeness (QED) is 0.630. The van der Waals surface area contributed by atoms with Crippen molar-refractivity contribution >= 4 is 27.5 Å². The van der Waals surface area contributed by atoms with Crippen molar-refractivity contribution in [3.05, 3.63) is 51.9 Å². The first-order valence-electron chi connectivity index (χ1n) is 10.4. The molecule has 6 nitrogen and oxygen atoms in total. The molecule has 0 N–H and O–H groups in total. The van der Waals surface area contributed by atoms with Crippen LogP contribution < -0.4 is 5.56 Å². The molecule has 1 atom stereocenters. The lowest BCUT2D eigenvalue weighted by atomic mass is 10.0. The minimum atomic E-state index is -0.0746. The summed E-state index contributed by atoms with van der Waals surface area (Å²) in [4.78, 5) is 35.3. The molecule has 7 heteroatoms. The van der Waals surface area contributed by atoms with Crippen molar-refractivity contribution in [2.45, 2.75) is 38.8 Å². The Hall–Kier alpha value is -2.51. The molecule has 0 radical (unpaired) electrons. The fourth-order valence-corrected chi connectivity index (χ4v) is 4.96. The van der Waals surface area contributed by atoms with Crippen molar-refractivity contribution < 1.29 is 4.79 Å². The maximum absolute atomic E-state index is 13.2. The summed E-state index contributed by atoms with van der Waals surface area (Å²) < 4.78 is 1.58. The Kier molecular flexibility index (Phi) is 6.01. The molecular weight excluding hydrogens is 396 g/mol. The first kappa shape index (κ1) is 20.8. The third-order valence-corrected chi connectivity index (χ3v) is 6.86. The predicted octanol–water partition coefficient (Wildman–Crippen LogP) is 3.38. The number of fused-ring (bicyclic) bond motifs is 1. The van der Waals surface area contributed by atoms with Crippen molar-refractivity contribution in [1.82, 2.24) is 19.4 Å². The highest BCUT2D eigenvalue weighted by molar-refractivity contribution is 7.17. The first-order chi connectivity index (χ1) is 14.4. The Bertz CT molecular complexity index is 1100. The summed E-state index contributed by atoms with van der Waals surface area (Å²) in [6, 6.07) is 8.58. The number of rotatable bonds is 5. The molecule has 1 saturated heterocycles. The molecule has 1 aliphatic rings. The predicted molar refractivity (Wildman–Crippen MR) is 122 cm³/mol. The van der Waals surface area contributed by atoms with Gasteiger partial charge < -0.3 is 9.80 Å². The van der Waals surface area contributed by atoms with Crippen LogP contribution in [0.5, 0.6) is 0 Å². The zero-order valence-corrected chi connectivity index (χ0v) is 18.6. The van der Waals surface area contributed by atoms with Gasteiger partial charge in [-0.2, -0.15) is 0 Å². The van der Waals surface area contributed by atoms with Crippen LogP contribution in [0.2, 0.25) is 0 Å². The summed E-state index contributed by atoms with van der Waals surface area (Å²) in [6.45, 7) is 3.97. The van der Waals surface area contributed by atoms with Gasteiger partial charge in [0.1, 0.15) is 4.83 Å². The van der Waals surface area contributed by atoms with Gasteiger partial charge in [0.25, 0.3) is 5.56 Å². The van der Waals surface area contributed by atoms with E-state index in [-0.39, 0.29) is 11.5 Å². The normalized spacial score (nSPS) is 17.1. The Labute approximate surface area is 180 Å². The van der Waals surface area contributed by atoms with Gasteiger partial charge in [0.05, 0.1) is 11.7 Å². The molecule has 0 bridgehead atoms. The number of likely N-dealkylation sites (tertiary alicyclic amines) is 1. The van der Waals surface area contributed by atoms with Crippen molar-refractivity contribution in [3.8, 4) is 11.1 Å². The zero-order chi connectivity index (χ0) is 21.3. The van der Waals surface area contributed by atoms with E-state index in [4.69, 9.17) is 0 Å². The fraction of sp³-hybridized carbons (Fsp3) is 0.435. The van der Waals surface area contributed by atoms with Gasteiger partial charge in [0.15, 0.2) is 0 Å². The van der Waals surface area contributed by atoms with Crippen LogP contribution in [-0.2, 0) is 11.3 Å². The number of hydrogen-bond acceptors (Lipinski definition) is 5. The van der Waals surface area contributed by atoms with E-state index in [1.807, 2.05) is 41.5 Å². The number of carbonyl (C=O) groups is 1. The monoisotopic (exact) mass is 424 g/mol. The highest BCUT2D eigenvalue weighted by atomic mass is 32.1. The van der Waals surface area contributed by atoms with Gasteiger partial charge in [-0.15, -0.1) is 11.3 Å². The smallest absolute Gasteiger partial charge is 0.262 e. The largest absolute Gasteiger partial charge is 0.341 e. The third-order valence-electron chi connectivity index (χ3n) is 5.97. The number of hydrogen-bond donors (Lipinski definition) is 0. The van der Waals surface area contributed by atoms with Gasteiger partial charge in [-0.05, 0) is 39.4 Å². The van der Waals surface area contributed by atoms with Crippen LogP contribution in [0.25, 0.3) is 21.3 Å². The van der Waals surface area contributed by atoms with Gasteiger partial charge in [0.2, 0.25) is 5.91 Å². The molecule has 0 saturated carbocycles. The second-order valence-corrected chi connectivity index (χ2v) is 9.15. The maximum atomic E-state index is 13.2. The Morgan fingerprint density at radius 3 is 2.77 bits per heavy atom. The van der Waals surface area contributed by atoms with E-state index >= 15 is 0 Å². The van der Waals surface area contributed by atoms with Crippen LogP contribution in [0.15, 0.2) is 40.8 Å². The summed E-state index contributed by atoms with van der Waals surface area (Å²) in [5.41, 5.74) is 3.04. The highest BCUT2D eigenvalue weighted by Gasteiger charge is 2.24. The van der Waals surface area contributed by atoms with E-state index in [1.165, 1.54) is 16.9 Å². The van der Waals surface area contributed by atoms with Crippen molar-refractivity contribution in [2.24, 2.45) is 0 Å². The number of carbonyl (C=O) groups excluding carboxylic acids is 1. The molecule has 1 aliphatic heterocycles. The van der Waals surface area contributed by atoms with E-state index in [1.54, 1.807) is 10.9 Å². The SMILES string of the molecule is Cc1ccc(-c2csc3ncn(CCC(=O)N4CCCC(N(C)C)C4)c(=O)c23)cc1. The van der Waals surface area contributed by atoms with E-state index in [9.17, 15) is 9.59 Å². The van der Waals surface area contributed by atoms with Gasteiger partial charge in [0, 0.05) is 43.0 Å². The number of nitrogens with zero attached hydrogens (tertiary/aromatic N) is 4. The van der Waals surface area contributed by atoms with Gasteiger partial charge in [-0.3, -0.25) is 14.2 Å². The molecule has 1 aromatic carbocycles. The summed E-state index contributed by atoms with van der Waals surface area (Å²) in [5, 5.41) is 2.64. The average Bonchev–Trinajstić information content (AvgIpc) is 3.18. The second kappa shape index (κ2) is 8.70. The number of piperidine rings is 1. The number of thiophene rings is 1. The van der Waals surface area contributed by atoms with E-state index in [0.717, 1.165) is 41.9 Å². The molecule has 3 heterocycles. The van der Waals surface area contributed by atoms with Crippen LogP contribution in [-0.4, -0.2) is 58.5 Å². The molecule has 1 amide bonds. The van der Waals surface area contributed by atoms with Gasteiger partial charge in [-0.1, -0.05) is 29.8 Å². The zero-order valence-electron chi connectivity index (χ0n) is 17.8. The lowest BCUT2D eigenvalue weighted by molar-refractivity contribution is -0.133. The molecular formula is C23H28N4O2S. The molecule has 2 aromatic heterocycles. The van der Waals surface area contributed by atoms with Gasteiger partial charge in [-0.25, -0.2) is 4.98 Å². The molecule has 4 rings (SSSR count). The molecule has 0 spiro atoms. The molecule has 1 fully saturated rings. The minimum absolute atomic E-state index is 0.0746. The Morgan fingerprint density at radius 1 is 1.27 bits per heavy atom. The van der Waals surface area contributed by atoms with E-state index in [2.05, 4.69) is 24.0 Å². The van der Waals surface area contributed by atoms with Gasteiger partial charge >= 0.3 is 0 Å². The standard InChI is InChI=1S/C23H28N4O2S/c1-16-6-8-17(9-7-16)19-14-30-22-21(19)23(29)27(15-24-22)12-10-20(28)26-11-4-5-18(13-26)25(2)3/h6-9,14-15,18H,4-5,10-13H2,1-3H3. The average molecular weight is 425 g/mol. The van der Waals surface area contributed by atoms with E-state index < -0.39 is 0 Å². The van der Waals surface area contributed by atoms with Crippen molar-refractivity contribution in [3.63, 3.8) is 0 Å². The van der Waals surface area contributed by atoms with Crippen LogP contribution in [0, 0.1) is 6.92 Å². The number of amides is 1. The van der Waals surface area contributed by atoms with Crippen LogP contribution in [0.1, 0.15) is 24.8 Å². The molecule has 3 aromatic rings. The fourth-order valence-electron chi connectivity index (χ4n) is 4.05. The lowest BCUT2D eigenvalue weighted by Crippen LogP contribution is -2.47. The molecule has 1 unspecified atom stereocenters. The van der Waals surface area contributed by atoms with Crippen molar-refractivity contribution in [2.75, 3.05) is 27.2 Å². The van der Waals surface area contributed by atoms with Crippen molar-refractivity contribution in [1.29, 1.82) is 0 Å². The summed E-state index contributed by atoms with van der Waals surface area (Å²) in [7, 11) is 4.12. The number of aryl methyl sites for hydroxylation is 2. The summed E-state index contributed by atoms with van der Waals surface area (Å²) >= 11 is 1.48. The highest BCUT2D eigenvalue weighted by Crippen LogP contribution is 2.30. The molecule has 0 aliphatic carbocycles. The number of benzene rings is 1. The minimum Gasteiger partial charge on any atom is -0.341 e. The van der Waals surface area contributed by atoms with E-state index in [0.29, 0.717) is 24.4 Å². The molecule has 158 valence electrons. The lowest BCUT2D eigenvalue weighted by Gasteiger charge is -2.36. The summed E-state index contributed by atoms with van der Waals surface area (Å²) in [6.07, 6.45) is 4.04. The second-order valence-electron chi connectivity index (χ2n) is 8.29. The topological polar surface area (TPSA) is 58.4 Å². The maximum Gasteiger partial charge on any atom is 0.262 e. The first-order valence-corrected chi connectivity index (χ1v) is 11.3. The van der Waals surface area contributed by atoms with Crippen LogP contribution in [0.4, 0.5) is 0 Å². The number of aromatic nitrogens is 2. The van der Waals surface area contributed by atoms with Crippen LogP contribution >= 0.6 is 11.3 Å². The number of likely N-dealkylation sites (N-methyl/N-ethyl adjacent to an activating group) is 1. The Balaban J connectivity index is 1.53. The summed E-state index contributed by atoms with van der Waals surface area (Å²) in [5.74, 6) is 0.109. The Morgan fingerprint density at radius 2 is 2.03 bits per heavy atom. The third kappa shape index (κ3) is 4.18. The van der Waals surface area contributed by atoms with Crippen LogP contribution in [0.3, 0.4) is 0 Å². The molecule has 30 heavy (non-hydrogen) atoms.